The maximum absolute atomic E-state index is 4.72. The average Bonchev–Trinajstić information content (AvgIpc) is 2.72. The lowest BCUT2D eigenvalue weighted by atomic mass is 10.0. The van der Waals surface area contributed by atoms with Gasteiger partial charge < -0.3 is 9.47 Å². The normalized spacial score (nSPS) is 11.9. The average molecular weight is 277 g/mol. The van der Waals surface area contributed by atoms with Gasteiger partial charge in [0.1, 0.15) is 5.82 Å². The van der Waals surface area contributed by atoms with Crippen LogP contribution in [0.2, 0.25) is 0 Å². The molecule has 0 spiro atoms. The SMILES string of the molecule is CC(C)c1ccc2c(c1)nc(CS)n2CCN(C)C. The van der Waals surface area contributed by atoms with Crippen molar-refractivity contribution < 1.29 is 0 Å². The Hall–Kier alpha value is -1.00. The lowest BCUT2D eigenvalue weighted by molar-refractivity contribution is 0.384. The van der Waals surface area contributed by atoms with Crippen molar-refractivity contribution in [2.24, 2.45) is 0 Å². The summed E-state index contributed by atoms with van der Waals surface area (Å²) in [5, 5.41) is 0. The van der Waals surface area contributed by atoms with Gasteiger partial charge in [0.05, 0.1) is 11.0 Å². The van der Waals surface area contributed by atoms with Crippen LogP contribution in [0.3, 0.4) is 0 Å². The number of rotatable bonds is 5. The van der Waals surface area contributed by atoms with Crippen molar-refractivity contribution >= 4 is 23.7 Å². The molecule has 1 aromatic heterocycles. The Morgan fingerprint density at radius 1 is 1.32 bits per heavy atom. The monoisotopic (exact) mass is 277 g/mol. The van der Waals surface area contributed by atoms with Crippen LogP contribution < -0.4 is 0 Å². The lowest BCUT2D eigenvalue weighted by Crippen LogP contribution is -2.19. The van der Waals surface area contributed by atoms with E-state index >= 15 is 0 Å². The van der Waals surface area contributed by atoms with Gasteiger partial charge in [-0.05, 0) is 37.7 Å². The fraction of sp³-hybridized carbons (Fsp3) is 0.533. The largest absolute Gasteiger partial charge is 0.326 e. The summed E-state index contributed by atoms with van der Waals surface area (Å²) in [5.74, 6) is 2.27. The summed E-state index contributed by atoms with van der Waals surface area (Å²) < 4.78 is 2.28. The highest BCUT2D eigenvalue weighted by atomic mass is 32.1. The van der Waals surface area contributed by atoms with Crippen molar-refractivity contribution in [3.63, 3.8) is 0 Å². The van der Waals surface area contributed by atoms with Gasteiger partial charge in [0, 0.05) is 18.8 Å². The Balaban J connectivity index is 2.43. The van der Waals surface area contributed by atoms with E-state index < -0.39 is 0 Å². The van der Waals surface area contributed by atoms with E-state index in [4.69, 9.17) is 4.98 Å². The molecule has 19 heavy (non-hydrogen) atoms. The number of likely N-dealkylation sites (N-methyl/N-ethyl adjacent to an activating group) is 1. The van der Waals surface area contributed by atoms with Crippen molar-refractivity contribution in [1.29, 1.82) is 0 Å². The Morgan fingerprint density at radius 2 is 2.05 bits per heavy atom. The van der Waals surface area contributed by atoms with E-state index in [9.17, 15) is 0 Å². The predicted octanol–water partition coefficient (Wildman–Crippen LogP) is 3.15. The molecule has 3 nitrogen and oxygen atoms in total. The molecule has 0 unspecified atom stereocenters. The quantitative estimate of drug-likeness (QED) is 0.848. The first-order valence-corrected chi connectivity index (χ1v) is 7.40. The molecule has 0 amide bonds. The van der Waals surface area contributed by atoms with Crippen LogP contribution in [0, 0.1) is 0 Å². The molecule has 1 heterocycles. The highest BCUT2D eigenvalue weighted by molar-refractivity contribution is 7.79. The summed E-state index contributed by atoms with van der Waals surface area (Å²) in [6.07, 6.45) is 0. The van der Waals surface area contributed by atoms with Crippen LogP contribution in [0.25, 0.3) is 11.0 Å². The third-order valence-electron chi connectivity index (χ3n) is 3.43. The van der Waals surface area contributed by atoms with Gasteiger partial charge in [0.2, 0.25) is 0 Å². The number of thiol groups is 1. The fourth-order valence-corrected chi connectivity index (χ4v) is 2.47. The maximum atomic E-state index is 4.72. The maximum Gasteiger partial charge on any atom is 0.119 e. The molecular weight excluding hydrogens is 254 g/mol. The van der Waals surface area contributed by atoms with E-state index in [-0.39, 0.29) is 0 Å². The molecule has 1 aromatic carbocycles. The Morgan fingerprint density at radius 3 is 2.63 bits per heavy atom. The van der Waals surface area contributed by atoms with Crippen LogP contribution in [-0.4, -0.2) is 35.1 Å². The van der Waals surface area contributed by atoms with Crippen LogP contribution in [0.15, 0.2) is 18.2 Å². The molecule has 2 rings (SSSR count). The summed E-state index contributed by atoms with van der Waals surface area (Å²) in [6.45, 7) is 6.39. The molecule has 4 heteroatoms. The first kappa shape index (κ1) is 14.4. The summed E-state index contributed by atoms with van der Waals surface area (Å²) in [7, 11) is 4.19. The fourth-order valence-electron chi connectivity index (χ4n) is 2.23. The van der Waals surface area contributed by atoms with Gasteiger partial charge in [0.25, 0.3) is 0 Å². The van der Waals surface area contributed by atoms with Gasteiger partial charge >= 0.3 is 0 Å². The number of imidazole rings is 1. The molecule has 0 bridgehead atoms. The van der Waals surface area contributed by atoms with Crippen LogP contribution in [-0.2, 0) is 12.3 Å². The van der Waals surface area contributed by atoms with Gasteiger partial charge in [0.15, 0.2) is 0 Å². The predicted molar refractivity (Wildman–Crippen MR) is 85.1 cm³/mol. The molecule has 0 radical (unpaired) electrons. The van der Waals surface area contributed by atoms with E-state index in [1.807, 2.05) is 0 Å². The molecule has 0 N–H and O–H groups in total. The molecular formula is C15H23N3S. The Bertz CT molecular complexity index is 558. The topological polar surface area (TPSA) is 21.1 Å². The summed E-state index contributed by atoms with van der Waals surface area (Å²) in [5.41, 5.74) is 3.65. The zero-order chi connectivity index (χ0) is 14.0. The second-order valence-corrected chi connectivity index (χ2v) is 5.86. The molecule has 0 fully saturated rings. The van der Waals surface area contributed by atoms with E-state index in [0.717, 1.165) is 24.4 Å². The molecule has 0 aliphatic heterocycles. The molecule has 0 saturated heterocycles. The minimum absolute atomic E-state index is 0.538. The Labute approximate surface area is 121 Å². The zero-order valence-electron chi connectivity index (χ0n) is 12.2. The minimum atomic E-state index is 0.538. The summed E-state index contributed by atoms with van der Waals surface area (Å²) in [6, 6.07) is 6.61. The number of hydrogen-bond acceptors (Lipinski definition) is 3. The second kappa shape index (κ2) is 5.97. The third kappa shape index (κ3) is 3.12. The summed E-state index contributed by atoms with van der Waals surface area (Å²) >= 11 is 4.40. The number of nitrogens with zero attached hydrogens (tertiary/aromatic N) is 3. The zero-order valence-corrected chi connectivity index (χ0v) is 13.1. The highest BCUT2D eigenvalue weighted by Crippen LogP contribution is 2.23. The molecule has 0 saturated carbocycles. The van der Waals surface area contributed by atoms with Gasteiger partial charge in [-0.1, -0.05) is 19.9 Å². The number of aromatic nitrogens is 2. The summed E-state index contributed by atoms with van der Waals surface area (Å²) in [4.78, 5) is 6.91. The lowest BCUT2D eigenvalue weighted by Gasteiger charge is -2.13. The van der Waals surface area contributed by atoms with Crippen molar-refractivity contribution in [3.8, 4) is 0 Å². The molecule has 0 aliphatic rings. The number of fused-ring (bicyclic) bond motifs is 1. The van der Waals surface area contributed by atoms with E-state index in [1.165, 1.54) is 11.1 Å². The number of benzene rings is 1. The smallest absolute Gasteiger partial charge is 0.119 e. The molecule has 0 aliphatic carbocycles. The molecule has 104 valence electrons. The highest BCUT2D eigenvalue weighted by Gasteiger charge is 2.11. The number of hydrogen-bond donors (Lipinski definition) is 1. The molecule has 2 aromatic rings. The van der Waals surface area contributed by atoms with E-state index in [2.05, 4.69) is 68.2 Å². The van der Waals surface area contributed by atoms with Crippen LogP contribution in [0.5, 0.6) is 0 Å². The van der Waals surface area contributed by atoms with Gasteiger partial charge in [-0.15, -0.1) is 0 Å². The van der Waals surface area contributed by atoms with Gasteiger partial charge in [-0.25, -0.2) is 4.98 Å². The van der Waals surface area contributed by atoms with Crippen LogP contribution in [0.4, 0.5) is 0 Å². The van der Waals surface area contributed by atoms with Crippen molar-refractivity contribution in [1.82, 2.24) is 14.5 Å². The first-order valence-electron chi connectivity index (χ1n) is 6.77. The van der Waals surface area contributed by atoms with Crippen molar-refractivity contribution in [2.45, 2.75) is 32.1 Å². The second-order valence-electron chi connectivity index (χ2n) is 5.54. The third-order valence-corrected chi connectivity index (χ3v) is 3.71. The van der Waals surface area contributed by atoms with Gasteiger partial charge in [-0.2, -0.15) is 12.6 Å². The van der Waals surface area contributed by atoms with Gasteiger partial charge in [-0.3, -0.25) is 0 Å². The first-order chi connectivity index (χ1) is 9.02. The van der Waals surface area contributed by atoms with Crippen molar-refractivity contribution in [2.75, 3.05) is 20.6 Å². The van der Waals surface area contributed by atoms with Crippen LogP contribution >= 0.6 is 12.6 Å². The van der Waals surface area contributed by atoms with E-state index in [1.54, 1.807) is 0 Å². The molecule has 0 atom stereocenters. The van der Waals surface area contributed by atoms with Crippen LogP contribution in [0.1, 0.15) is 31.2 Å². The van der Waals surface area contributed by atoms with E-state index in [0.29, 0.717) is 11.7 Å². The Kier molecular flexibility index (Phi) is 4.53. The van der Waals surface area contributed by atoms with Crippen molar-refractivity contribution in [3.05, 3.63) is 29.6 Å². The minimum Gasteiger partial charge on any atom is -0.326 e. The standard InChI is InChI=1S/C15H23N3S/c1-11(2)12-5-6-14-13(9-12)16-15(10-19)18(14)8-7-17(3)4/h5-6,9,11,19H,7-8,10H2,1-4H3.